The standard InChI is InChI=1S/C12H9P/c13-11-7-9-5-1-3-8-4-2-6-10(11)12(8)9/h1-7H,13H2. The van der Waals surface area contributed by atoms with Gasteiger partial charge in [-0.2, -0.15) is 0 Å². The van der Waals surface area contributed by atoms with E-state index in [0.717, 1.165) is 0 Å². The molecule has 0 saturated heterocycles. The zero-order valence-corrected chi connectivity index (χ0v) is 8.27. The van der Waals surface area contributed by atoms with E-state index in [9.17, 15) is 0 Å². The van der Waals surface area contributed by atoms with E-state index in [-0.39, 0.29) is 0 Å². The van der Waals surface area contributed by atoms with Gasteiger partial charge in [0.15, 0.2) is 0 Å². The van der Waals surface area contributed by atoms with Crippen LogP contribution in [-0.4, -0.2) is 0 Å². The summed E-state index contributed by atoms with van der Waals surface area (Å²) < 4.78 is 0. The predicted molar refractivity (Wildman–Crippen MR) is 61.5 cm³/mol. The molecule has 0 radical (unpaired) electrons. The highest BCUT2D eigenvalue weighted by molar-refractivity contribution is 7.32. The van der Waals surface area contributed by atoms with Crippen molar-refractivity contribution in [2.24, 2.45) is 0 Å². The van der Waals surface area contributed by atoms with Crippen molar-refractivity contribution < 1.29 is 0 Å². The minimum atomic E-state index is 1.30. The fourth-order valence-corrected chi connectivity index (χ4v) is 2.40. The van der Waals surface area contributed by atoms with Gasteiger partial charge < -0.3 is 0 Å². The Morgan fingerprint density at radius 2 is 1.69 bits per heavy atom. The lowest BCUT2D eigenvalue weighted by Crippen LogP contribution is -1.77. The fraction of sp³-hybridized carbons (Fsp3) is 0. The highest BCUT2D eigenvalue weighted by atomic mass is 31.0. The Hall–Kier alpha value is -1.13. The molecule has 3 rings (SSSR count). The molecule has 0 N–H and O–H groups in total. The van der Waals surface area contributed by atoms with E-state index < -0.39 is 0 Å². The molecule has 0 aliphatic heterocycles. The van der Waals surface area contributed by atoms with Gasteiger partial charge in [0.2, 0.25) is 0 Å². The second kappa shape index (κ2) is 2.43. The van der Waals surface area contributed by atoms with Crippen LogP contribution in [0.2, 0.25) is 0 Å². The Morgan fingerprint density at radius 1 is 0.923 bits per heavy atom. The first-order chi connectivity index (χ1) is 6.36. The predicted octanol–water partition coefficient (Wildman–Crippen LogP) is 3.53. The summed E-state index contributed by atoms with van der Waals surface area (Å²) in [6.45, 7) is 0. The van der Waals surface area contributed by atoms with E-state index in [0.29, 0.717) is 0 Å². The van der Waals surface area contributed by atoms with Crippen molar-refractivity contribution in [3.8, 4) is 0 Å². The summed E-state index contributed by atoms with van der Waals surface area (Å²) >= 11 is 0. The summed E-state index contributed by atoms with van der Waals surface area (Å²) in [5.41, 5.74) is 2.70. The molecule has 0 amide bonds. The van der Waals surface area contributed by atoms with Crippen LogP contribution in [0.4, 0.5) is 0 Å². The molecule has 0 bridgehead atoms. The largest absolute Gasteiger partial charge is 0.105 e. The average Bonchev–Trinajstić information content (AvgIpc) is 2.47. The van der Waals surface area contributed by atoms with Gasteiger partial charge in [-0.1, -0.05) is 36.4 Å². The monoisotopic (exact) mass is 184 g/mol. The van der Waals surface area contributed by atoms with Gasteiger partial charge in [-0.25, -0.2) is 0 Å². The van der Waals surface area contributed by atoms with Gasteiger partial charge in [0.05, 0.1) is 0 Å². The maximum atomic E-state index is 2.80. The fourth-order valence-electron chi connectivity index (χ4n) is 1.98. The molecule has 62 valence electrons. The van der Waals surface area contributed by atoms with Crippen molar-refractivity contribution >= 4 is 31.4 Å². The van der Waals surface area contributed by atoms with Crippen molar-refractivity contribution in [2.75, 3.05) is 0 Å². The molecule has 1 aliphatic rings. The van der Waals surface area contributed by atoms with Crippen LogP contribution in [-0.2, 0) is 0 Å². The molecule has 1 atom stereocenters. The summed E-state index contributed by atoms with van der Waals surface area (Å²) in [5, 5.41) is 4.03. The van der Waals surface area contributed by atoms with Crippen LogP contribution in [0, 0.1) is 0 Å². The maximum absolute atomic E-state index is 2.80. The summed E-state index contributed by atoms with van der Waals surface area (Å²) in [7, 11) is 2.80. The third-order valence-corrected chi connectivity index (χ3v) is 3.04. The summed E-state index contributed by atoms with van der Waals surface area (Å²) in [6.07, 6.45) is 2.22. The molecule has 0 spiro atoms. The van der Waals surface area contributed by atoms with E-state index in [2.05, 4.69) is 51.7 Å². The second-order valence-corrected chi connectivity index (χ2v) is 3.97. The summed E-state index contributed by atoms with van der Waals surface area (Å²) in [5.74, 6) is 0. The first-order valence-electron chi connectivity index (χ1n) is 4.35. The van der Waals surface area contributed by atoms with E-state index in [1.807, 2.05) is 0 Å². The van der Waals surface area contributed by atoms with Gasteiger partial charge in [0.25, 0.3) is 0 Å². The van der Waals surface area contributed by atoms with E-state index in [1.165, 1.54) is 27.2 Å². The molecule has 0 aromatic heterocycles. The Morgan fingerprint density at radius 3 is 2.54 bits per heavy atom. The molecular formula is C12H9P. The number of benzene rings is 2. The van der Waals surface area contributed by atoms with Gasteiger partial charge in [-0.05, 0) is 33.3 Å². The van der Waals surface area contributed by atoms with Crippen molar-refractivity contribution in [1.82, 2.24) is 0 Å². The molecule has 2 aromatic carbocycles. The maximum Gasteiger partial charge on any atom is -0.00324 e. The van der Waals surface area contributed by atoms with Crippen molar-refractivity contribution in [3.05, 3.63) is 47.5 Å². The normalized spacial score (nSPS) is 13.5. The lowest BCUT2D eigenvalue weighted by molar-refractivity contribution is 1.72. The first-order valence-corrected chi connectivity index (χ1v) is 4.93. The molecule has 0 heterocycles. The molecular weight excluding hydrogens is 175 g/mol. The smallest absolute Gasteiger partial charge is 0.00324 e. The number of hydrogen-bond acceptors (Lipinski definition) is 0. The number of hydrogen-bond donors (Lipinski definition) is 0. The van der Waals surface area contributed by atoms with Crippen LogP contribution in [0.1, 0.15) is 11.1 Å². The van der Waals surface area contributed by atoms with Crippen LogP contribution in [0.3, 0.4) is 0 Å². The van der Waals surface area contributed by atoms with Gasteiger partial charge in [0.1, 0.15) is 0 Å². The first kappa shape index (κ1) is 7.29. The topological polar surface area (TPSA) is 0 Å². The van der Waals surface area contributed by atoms with Gasteiger partial charge >= 0.3 is 0 Å². The molecule has 13 heavy (non-hydrogen) atoms. The lowest BCUT2D eigenvalue weighted by Gasteiger charge is -2.01. The Bertz CT molecular complexity index is 518. The molecule has 2 aromatic rings. The molecule has 0 fully saturated rings. The summed E-state index contributed by atoms with van der Waals surface area (Å²) in [6, 6.07) is 12.9. The third-order valence-electron chi connectivity index (χ3n) is 2.56. The van der Waals surface area contributed by atoms with Crippen molar-refractivity contribution in [2.45, 2.75) is 0 Å². The van der Waals surface area contributed by atoms with Crippen LogP contribution in [0.25, 0.3) is 22.2 Å². The number of rotatable bonds is 0. The van der Waals surface area contributed by atoms with Crippen LogP contribution >= 0.6 is 9.24 Å². The van der Waals surface area contributed by atoms with E-state index in [4.69, 9.17) is 0 Å². The molecule has 0 saturated carbocycles. The minimum absolute atomic E-state index is 1.30. The Labute approximate surface area is 79.5 Å². The molecule has 0 nitrogen and oxygen atoms in total. The van der Waals surface area contributed by atoms with Crippen LogP contribution < -0.4 is 0 Å². The Balaban J connectivity index is 2.59. The quantitative estimate of drug-likeness (QED) is 0.549. The molecule has 1 aliphatic carbocycles. The van der Waals surface area contributed by atoms with Crippen molar-refractivity contribution in [3.63, 3.8) is 0 Å². The molecule has 1 heteroatoms. The SMILES string of the molecule is PC1=Cc2cccc3cccc1c23. The van der Waals surface area contributed by atoms with Crippen LogP contribution in [0.15, 0.2) is 36.4 Å². The lowest BCUT2D eigenvalue weighted by atomic mass is 10.0. The second-order valence-electron chi connectivity index (χ2n) is 3.35. The molecule has 1 unspecified atom stereocenters. The zero-order valence-electron chi connectivity index (χ0n) is 7.12. The van der Waals surface area contributed by atoms with E-state index in [1.54, 1.807) is 0 Å². The highest BCUT2D eigenvalue weighted by Gasteiger charge is 2.11. The van der Waals surface area contributed by atoms with Gasteiger partial charge in [0, 0.05) is 0 Å². The Kier molecular flexibility index (Phi) is 1.36. The third kappa shape index (κ3) is 0.897. The highest BCUT2D eigenvalue weighted by Crippen LogP contribution is 2.39. The van der Waals surface area contributed by atoms with E-state index >= 15 is 0 Å². The van der Waals surface area contributed by atoms with Gasteiger partial charge in [-0.3, -0.25) is 0 Å². The zero-order chi connectivity index (χ0) is 8.84. The van der Waals surface area contributed by atoms with Crippen LogP contribution in [0.5, 0.6) is 0 Å². The van der Waals surface area contributed by atoms with Crippen molar-refractivity contribution in [1.29, 1.82) is 0 Å². The average molecular weight is 184 g/mol. The van der Waals surface area contributed by atoms with Gasteiger partial charge in [-0.15, -0.1) is 9.24 Å². The summed E-state index contributed by atoms with van der Waals surface area (Å²) in [4.78, 5) is 0. The minimum Gasteiger partial charge on any atom is -0.105 e.